The van der Waals surface area contributed by atoms with E-state index < -0.39 is 75.9 Å². The van der Waals surface area contributed by atoms with Gasteiger partial charge in [-0.2, -0.15) is 0 Å². The largest absolute Gasteiger partial charge is 0.365 e. The normalized spacial score (nSPS) is 37.3. The zero-order chi connectivity index (χ0) is 33.2. The molecule has 5 aliphatic rings. The molecule has 3 fully saturated rings. The van der Waals surface area contributed by atoms with E-state index in [4.69, 9.17) is 51.2 Å². The van der Waals surface area contributed by atoms with Gasteiger partial charge in [-0.15, -0.1) is 0 Å². The van der Waals surface area contributed by atoms with Crippen molar-refractivity contribution in [2.24, 2.45) is 0 Å². The number of alkyl halides is 2. The van der Waals surface area contributed by atoms with Gasteiger partial charge in [0.1, 0.15) is 37.1 Å². The van der Waals surface area contributed by atoms with Crippen LogP contribution in [-0.4, -0.2) is 112 Å². The predicted molar refractivity (Wildman–Crippen MR) is 169 cm³/mol. The maximum Gasteiger partial charge on any atom is 0.325 e. The second kappa shape index (κ2) is 12.6. The van der Waals surface area contributed by atoms with Crippen molar-refractivity contribution < 1.29 is 46.1 Å². The Morgan fingerprint density at radius 2 is 1.15 bits per heavy atom. The lowest BCUT2D eigenvalue weighted by Gasteiger charge is -2.29. The van der Waals surface area contributed by atoms with Crippen molar-refractivity contribution in [2.75, 3.05) is 36.9 Å². The van der Waals surface area contributed by atoms with Crippen molar-refractivity contribution in [1.29, 1.82) is 0 Å². The average Bonchev–Trinajstić information content (AvgIpc) is 3.81. The van der Waals surface area contributed by atoms with Crippen molar-refractivity contribution in [2.45, 2.75) is 49.2 Å². The minimum Gasteiger partial charge on any atom is -0.365 e. The summed E-state index contributed by atoms with van der Waals surface area (Å²) in [5.41, 5.74) is 1.12. The molecule has 9 rings (SSSR count). The van der Waals surface area contributed by atoms with E-state index in [1.165, 1.54) is 34.4 Å². The van der Waals surface area contributed by atoms with Gasteiger partial charge in [-0.25, -0.2) is 38.7 Å². The molecule has 4 N–H and O–H groups in total. The van der Waals surface area contributed by atoms with Gasteiger partial charge in [0, 0.05) is 13.1 Å². The number of hydrogen-bond donors (Lipinski definition) is 4. The Balaban J connectivity index is 1.21. The third-order valence-electron chi connectivity index (χ3n) is 8.05. The summed E-state index contributed by atoms with van der Waals surface area (Å²) >= 11 is 10.5. The van der Waals surface area contributed by atoms with Crippen LogP contribution in [0.4, 0.5) is 20.4 Å². The third-order valence-corrected chi connectivity index (χ3v) is 11.2. The minimum absolute atomic E-state index is 0.231. The van der Waals surface area contributed by atoms with Gasteiger partial charge < -0.3 is 38.9 Å². The topological polar surface area (TPSA) is 207 Å². The molecule has 256 valence electrons. The molecule has 3 unspecified atom stereocenters. The molecule has 4 aromatic rings. The van der Waals surface area contributed by atoms with Crippen LogP contribution in [0.15, 0.2) is 37.5 Å². The van der Waals surface area contributed by atoms with Crippen molar-refractivity contribution in [3.05, 3.63) is 37.5 Å². The van der Waals surface area contributed by atoms with E-state index in [9.17, 15) is 9.79 Å². The molecule has 5 aliphatic heterocycles. The van der Waals surface area contributed by atoms with Gasteiger partial charge in [-0.1, -0.05) is 12.2 Å². The summed E-state index contributed by atoms with van der Waals surface area (Å²) in [4.78, 5) is 47.9. The van der Waals surface area contributed by atoms with Crippen LogP contribution in [0.1, 0.15) is 12.5 Å². The van der Waals surface area contributed by atoms with Gasteiger partial charge in [0.15, 0.2) is 58.8 Å². The van der Waals surface area contributed by atoms with Crippen LogP contribution in [0.25, 0.3) is 22.3 Å². The number of anilines is 2. The number of nitrogens with zero attached hydrogens (tertiary/aromatic N) is 8. The lowest BCUT2D eigenvalue weighted by molar-refractivity contribution is -0.0583. The first-order valence-corrected chi connectivity index (χ1v) is 19.6. The molecular weight excluding hydrogens is 720 g/mol. The zero-order valence-corrected chi connectivity index (χ0v) is 27.7. The molecular formula is C24H26F2N10O8P2S2. The molecule has 48 heavy (non-hydrogen) atoms. The lowest BCUT2D eigenvalue weighted by Crippen LogP contribution is -2.37. The van der Waals surface area contributed by atoms with Crippen LogP contribution < -0.4 is 10.6 Å². The van der Waals surface area contributed by atoms with E-state index in [0.717, 1.165) is 0 Å². The average molecular weight is 747 g/mol. The first-order valence-electron chi connectivity index (χ1n) is 14.5. The van der Waals surface area contributed by atoms with Crippen LogP contribution in [-0.2, 0) is 51.2 Å². The molecule has 0 aromatic carbocycles. The highest BCUT2D eigenvalue weighted by Gasteiger charge is 2.53. The number of rotatable bonds is 0. The van der Waals surface area contributed by atoms with Gasteiger partial charge in [-0.05, 0) is 23.6 Å². The molecule has 0 amide bonds. The number of imidazole rings is 2. The molecule has 14 bridgehead atoms. The Morgan fingerprint density at radius 3 is 1.58 bits per heavy atom. The fourth-order valence-corrected chi connectivity index (χ4v) is 8.75. The number of fused-ring (bicyclic) bond motifs is 10. The first-order chi connectivity index (χ1) is 23.1. The van der Waals surface area contributed by atoms with Crippen LogP contribution in [0.5, 0.6) is 0 Å². The van der Waals surface area contributed by atoms with E-state index in [1.54, 1.807) is 0 Å². The fraction of sp³-hybridized carbons (Fsp3) is 0.500. The van der Waals surface area contributed by atoms with Gasteiger partial charge in [0.2, 0.25) is 0 Å². The summed E-state index contributed by atoms with van der Waals surface area (Å²) in [5.74, 6) is 0.763. The number of halogens is 2. The van der Waals surface area contributed by atoms with Gasteiger partial charge >= 0.3 is 13.4 Å². The number of ether oxygens (including phenoxy) is 2. The van der Waals surface area contributed by atoms with E-state index in [0.29, 0.717) is 35.8 Å². The smallest absolute Gasteiger partial charge is 0.325 e. The zero-order valence-electron chi connectivity index (χ0n) is 24.3. The SMILES string of the molecule is OP1(=S)OC[C@H]2O[C@H]3[C@@H](F)[C@@H]2OP(O)(=S)OC[C@H]2OC([C@@H](F)[C@H]2O1)n1cnc2c(ncnc21)NCC=CCNc1ncnc2c1ncn23. The molecule has 0 saturated carbocycles. The first kappa shape index (κ1) is 32.5. The van der Waals surface area contributed by atoms with E-state index in [-0.39, 0.29) is 11.3 Å². The fourth-order valence-electron chi connectivity index (χ4n) is 5.87. The molecule has 0 aliphatic carbocycles. The quantitative estimate of drug-likeness (QED) is 0.149. The number of aromatic nitrogens is 8. The monoisotopic (exact) mass is 746 g/mol. The molecule has 10 atom stereocenters. The summed E-state index contributed by atoms with van der Waals surface area (Å²) in [6, 6.07) is 0. The van der Waals surface area contributed by atoms with Gasteiger partial charge in [0.05, 0.1) is 25.9 Å². The predicted octanol–water partition coefficient (Wildman–Crippen LogP) is 1.78. The Labute approximate surface area is 279 Å². The summed E-state index contributed by atoms with van der Waals surface area (Å²) in [7, 11) is 0. The summed E-state index contributed by atoms with van der Waals surface area (Å²) in [5, 5.41) is 6.30. The molecule has 0 spiro atoms. The van der Waals surface area contributed by atoms with Crippen molar-refractivity contribution in [1.82, 2.24) is 39.0 Å². The van der Waals surface area contributed by atoms with Crippen LogP contribution in [0, 0.1) is 0 Å². The maximum absolute atomic E-state index is 16.2. The van der Waals surface area contributed by atoms with Crippen LogP contribution in [0.2, 0.25) is 0 Å². The van der Waals surface area contributed by atoms with Crippen molar-refractivity contribution in [3.8, 4) is 0 Å². The summed E-state index contributed by atoms with van der Waals surface area (Å²) in [6.45, 7) is -8.93. The third kappa shape index (κ3) is 5.92. The molecule has 18 nitrogen and oxygen atoms in total. The van der Waals surface area contributed by atoms with Gasteiger partial charge in [0.25, 0.3) is 0 Å². The second-order valence-corrected chi connectivity index (χ2v) is 16.6. The lowest BCUT2D eigenvalue weighted by atomic mass is 10.1. The highest BCUT2D eigenvalue weighted by Crippen LogP contribution is 2.54. The molecule has 3 saturated heterocycles. The highest BCUT2D eigenvalue weighted by atomic mass is 32.5. The Bertz CT molecular complexity index is 1860. The van der Waals surface area contributed by atoms with Crippen molar-refractivity contribution >= 4 is 71.0 Å². The second-order valence-electron chi connectivity index (χ2n) is 11.0. The number of nitrogens with one attached hydrogen (secondary N) is 2. The van der Waals surface area contributed by atoms with Crippen LogP contribution in [0.3, 0.4) is 0 Å². The van der Waals surface area contributed by atoms with Crippen LogP contribution >= 0.6 is 13.4 Å². The highest BCUT2D eigenvalue weighted by molar-refractivity contribution is 8.07. The van der Waals surface area contributed by atoms with Gasteiger partial charge in [-0.3, -0.25) is 18.2 Å². The Morgan fingerprint density at radius 1 is 0.708 bits per heavy atom. The maximum atomic E-state index is 16.2. The standard InChI is InChI=1S/C24H26F2N10O8P2S2/c25-13-17-11-5-39-46(38,48)44-18-12(6-40-45(37,47)43-17)42-24(14(18)26)36-10-34-16-20(30-8-32-22(16)36)28-4-2-1-3-27-19-15-21(31-7-29-19)35(9-33-15)23(13)41-11/h1-2,7-14,17-18,23-24H,3-6H2,(H,37,47)(H,38,48)(H,27,29,31)(H,28,30,32)/t11-,12-,13+,14+,17-,18+,23+,24?,45?,46?/m1/s1. The summed E-state index contributed by atoms with van der Waals surface area (Å²) in [6.07, 6.45) is -3.54. The Hall–Kier alpha value is -2.72. The molecule has 0 radical (unpaired) electrons. The van der Waals surface area contributed by atoms with Crippen molar-refractivity contribution in [3.63, 3.8) is 0 Å². The van der Waals surface area contributed by atoms with E-state index >= 15 is 8.78 Å². The van der Waals surface area contributed by atoms with E-state index in [2.05, 4.69) is 40.5 Å². The molecule has 24 heteroatoms. The summed E-state index contributed by atoms with van der Waals surface area (Å²) < 4.78 is 69.5. The number of hydrogen-bond acceptors (Lipinski definition) is 16. The molecule has 4 aromatic heterocycles. The van der Waals surface area contributed by atoms with E-state index in [1.807, 2.05) is 12.2 Å². The minimum atomic E-state index is -4.24. The Kier molecular flexibility index (Phi) is 8.50. The molecule has 9 heterocycles.